The number of H-pyrrole nitrogens is 1. The van der Waals surface area contributed by atoms with Crippen molar-refractivity contribution in [3.8, 4) is 11.3 Å². The normalized spacial score (nSPS) is 15.3. The zero-order valence-electron chi connectivity index (χ0n) is 16.7. The second kappa shape index (κ2) is 8.60. The lowest BCUT2D eigenvalue weighted by Gasteiger charge is -2.19. The molecule has 1 aliphatic carbocycles. The van der Waals surface area contributed by atoms with E-state index in [4.69, 9.17) is 0 Å². The fourth-order valence-electron chi connectivity index (χ4n) is 4.11. The highest BCUT2D eigenvalue weighted by molar-refractivity contribution is 5.77. The number of hydrogen-bond donors (Lipinski definition) is 1. The molecule has 1 heterocycles. The number of benzene rings is 2. The minimum atomic E-state index is -0.252. The Kier molecular flexibility index (Phi) is 5.74. The van der Waals surface area contributed by atoms with Crippen LogP contribution in [0.4, 0.5) is 4.39 Å². The SMILES string of the molecule is CN(CCCc1cc(-c2ccc(F)cc2)n[nH]1)C(=O)CC1CCc2ccccc21. The summed E-state index contributed by atoms with van der Waals surface area (Å²) in [4.78, 5) is 14.5. The molecule has 0 aliphatic heterocycles. The molecule has 0 bridgehead atoms. The monoisotopic (exact) mass is 391 g/mol. The van der Waals surface area contributed by atoms with E-state index in [0.29, 0.717) is 12.3 Å². The highest BCUT2D eigenvalue weighted by Gasteiger charge is 2.25. The summed E-state index contributed by atoms with van der Waals surface area (Å²) in [5.41, 5.74) is 5.46. The van der Waals surface area contributed by atoms with Gasteiger partial charge in [0.15, 0.2) is 0 Å². The van der Waals surface area contributed by atoms with Crippen LogP contribution < -0.4 is 0 Å². The maximum Gasteiger partial charge on any atom is 0.222 e. The van der Waals surface area contributed by atoms with Crippen molar-refractivity contribution in [1.82, 2.24) is 15.1 Å². The molecule has 0 saturated carbocycles. The van der Waals surface area contributed by atoms with Gasteiger partial charge in [-0.05, 0) is 73.1 Å². The van der Waals surface area contributed by atoms with Gasteiger partial charge in [0.05, 0.1) is 5.69 Å². The molecule has 1 N–H and O–H groups in total. The van der Waals surface area contributed by atoms with E-state index >= 15 is 0 Å². The Bertz CT molecular complexity index is 980. The first-order valence-corrected chi connectivity index (χ1v) is 10.2. The van der Waals surface area contributed by atoms with Crippen molar-refractivity contribution in [3.63, 3.8) is 0 Å². The minimum absolute atomic E-state index is 0.211. The van der Waals surface area contributed by atoms with Gasteiger partial charge in [0.2, 0.25) is 5.91 Å². The zero-order valence-corrected chi connectivity index (χ0v) is 16.7. The van der Waals surface area contributed by atoms with Crippen molar-refractivity contribution in [2.45, 2.75) is 38.0 Å². The van der Waals surface area contributed by atoms with E-state index in [2.05, 4.69) is 34.5 Å². The molecule has 1 atom stereocenters. The molecule has 2 aromatic carbocycles. The lowest BCUT2D eigenvalue weighted by molar-refractivity contribution is -0.130. The second-order valence-corrected chi connectivity index (χ2v) is 7.84. The summed E-state index contributed by atoms with van der Waals surface area (Å²) < 4.78 is 13.1. The number of aryl methyl sites for hydroxylation is 2. The maximum atomic E-state index is 13.1. The molecule has 29 heavy (non-hydrogen) atoms. The van der Waals surface area contributed by atoms with Crippen LogP contribution >= 0.6 is 0 Å². The molecule has 0 spiro atoms. The first-order valence-electron chi connectivity index (χ1n) is 10.2. The highest BCUT2D eigenvalue weighted by Crippen LogP contribution is 2.35. The average Bonchev–Trinajstić information content (AvgIpc) is 3.36. The number of rotatable bonds is 7. The third-order valence-corrected chi connectivity index (χ3v) is 5.81. The number of amides is 1. The van der Waals surface area contributed by atoms with Gasteiger partial charge in [0, 0.05) is 31.3 Å². The van der Waals surface area contributed by atoms with Gasteiger partial charge >= 0.3 is 0 Å². The number of hydrogen-bond acceptors (Lipinski definition) is 2. The standard InChI is InChI=1S/C24H26FN3O/c1-28(24(29)15-19-9-8-17-5-2-3-7-22(17)19)14-4-6-21-16-23(27-26-21)18-10-12-20(25)13-11-18/h2-3,5,7,10-13,16,19H,4,6,8-9,14-15H2,1H3,(H,26,27). The van der Waals surface area contributed by atoms with Crippen molar-refractivity contribution in [2.75, 3.05) is 13.6 Å². The molecule has 0 fully saturated rings. The lowest BCUT2D eigenvalue weighted by Crippen LogP contribution is -2.29. The van der Waals surface area contributed by atoms with E-state index in [-0.39, 0.29) is 11.7 Å². The Labute approximate surface area is 170 Å². The number of nitrogens with zero attached hydrogens (tertiary/aromatic N) is 2. The molecule has 0 radical (unpaired) electrons. The van der Waals surface area contributed by atoms with Crippen LogP contribution in [0.15, 0.2) is 54.6 Å². The van der Waals surface area contributed by atoms with E-state index in [1.54, 1.807) is 12.1 Å². The van der Waals surface area contributed by atoms with Gasteiger partial charge in [-0.2, -0.15) is 5.10 Å². The molecule has 1 amide bonds. The van der Waals surface area contributed by atoms with Crippen LogP contribution in [0, 0.1) is 5.82 Å². The van der Waals surface area contributed by atoms with Gasteiger partial charge < -0.3 is 4.90 Å². The summed E-state index contributed by atoms with van der Waals surface area (Å²) in [6.07, 6.45) is 4.42. The number of carbonyl (C=O) groups is 1. The summed E-state index contributed by atoms with van der Waals surface area (Å²) in [7, 11) is 1.89. The van der Waals surface area contributed by atoms with Crippen LogP contribution in [0.5, 0.6) is 0 Å². The van der Waals surface area contributed by atoms with Crippen LogP contribution in [0.1, 0.15) is 42.0 Å². The van der Waals surface area contributed by atoms with Crippen molar-refractivity contribution in [1.29, 1.82) is 0 Å². The van der Waals surface area contributed by atoms with Crippen LogP contribution in [0.2, 0.25) is 0 Å². The van der Waals surface area contributed by atoms with Crippen molar-refractivity contribution >= 4 is 5.91 Å². The number of aromatic amines is 1. The van der Waals surface area contributed by atoms with Gasteiger partial charge in [-0.25, -0.2) is 4.39 Å². The Morgan fingerprint density at radius 1 is 1.21 bits per heavy atom. The van der Waals surface area contributed by atoms with Crippen molar-refractivity contribution in [3.05, 3.63) is 77.2 Å². The van der Waals surface area contributed by atoms with Crippen LogP contribution in [0.25, 0.3) is 11.3 Å². The van der Waals surface area contributed by atoms with Gasteiger partial charge in [0.25, 0.3) is 0 Å². The molecule has 0 saturated heterocycles. The summed E-state index contributed by atoms with van der Waals surface area (Å²) in [6.45, 7) is 0.720. The Balaban J connectivity index is 1.25. The fourth-order valence-corrected chi connectivity index (χ4v) is 4.11. The predicted molar refractivity (Wildman–Crippen MR) is 112 cm³/mol. The van der Waals surface area contributed by atoms with Crippen molar-refractivity contribution < 1.29 is 9.18 Å². The van der Waals surface area contributed by atoms with E-state index in [1.165, 1.54) is 23.3 Å². The molecule has 1 aliphatic rings. The third kappa shape index (κ3) is 4.56. The molecule has 4 rings (SSSR count). The first kappa shape index (κ1) is 19.4. The maximum absolute atomic E-state index is 13.1. The topological polar surface area (TPSA) is 49.0 Å². The van der Waals surface area contributed by atoms with E-state index in [1.807, 2.05) is 18.0 Å². The molecule has 150 valence electrons. The lowest BCUT2D eigenvalue weighted by atomic mass is 9.97. The molecule has 5 heteroatoms. The molecule has 4 nitrogen and oxygen atoms in total. The van der Waals surface area contributed by atoms with Gasteiger partial charge in [-0.15, -0.1) is 0 Å². The van der Waals surface area contributed by atoms with Gasteiger partial charge in [-0.1, -0.05) is 24.3 Å². The minimum Gasteiger partial charge on any atom is -0.346 e. The van der Waals surface area contributed by atoms with Crippen LogP contribution in [-0.4, -0.2) is 34.6 Å². The number of fused-ring (bicyclic) bond motifs is 1. The van der Waals surface area contributed by atoms with Crippen LogP contribution in [-0.2, 0) is 17.6 Å². The quantitative estimate of drug-likeness (QED) is 0.633. The van der Waals surface area contributed by atoms with Gasteiger partial charge in [-0.3, -0.25) is 9.89 Å². The largest absolute Gasteiger partial charge is 0.346 e. The average molecular weight is 391 g/mol. The molecular formula is C24H26FN3O. The summed E-state index contributed by atoms with van der Waals surface area (Å²) in [5, 5.41) is 7.36. The van der Waals surface area contributed by atoms with Crippen LogP contribution in [0.3, 0.4) is 0 Å². The summed E-state index contributed by atoms with van der Waals surface area (Å²) in [5.74, 6) is 0.314. The molecule has 1 unspecified atom stereocenters. The zero-order chi connectivity index (χ0) is 20.2. The smallest absolute Gasteiger partial charge is 0.222 e. The molecular weight excluding hydrogens is 365 g/mol. The molecule has 3 aromatic rings. The fraction of sp³-hybridized carbons (Fsp3) is 0.333. The summed E-state index contributed by atoms with van der Waals surface area (Å²) >= 11 is 0. The Hall–Kier alpha value is -2.95. The van der Waals surface area contributed by atoms with E-state index < -0.39 is 0 Å². The van der Waals surface area contributed by atoms with Gasteiger partial charge in [0.1, 0.15) is 5.82 Å². The Morgan fingerprint density at radius 2 is 2.00 bits per heavy atom. The number of aromatic nitrogens is 2. The molecule has 1 aromatic heterocycles. The third-order valence-electron chi connectivity index (χ3n) is 5.81. The van der Waals surface area contributed by atoms with Crippen molar-refractivity contribution in [2.24, 2.45) is 0 Å². The number of halogens is 1. The summed E-state index contributed by atoms with van der Waals surface area (Å²) in [6, 6.07) is 16.8. The number of carbonyl (C=O) groups excluding carboxylic acids is 1. The second-order valence-electron chi connectivity index (χ2n) is 7.84. The first-order chi connectivity index (χ1) is 14.1. The highest BCUT2D eigenvalue weighted by atomic mass is 19.1. The Morgan fingerprint density at radius 3 is 2.83 bits per heavy atom. The van der Waals surface area contributed by atoms with E-state index in [0.717, 1.165) is 49.2 Å². The predicted octanol–water partition coefficient (Wildman–Crippen LogP) is 4.73. The van der Waals surface area contributed by atoms with E-state index in [9.17, 15) is 9.18 Å². The number of nitrogens with one attached hydrogen (secondary N) is 1.